The second-order valence-corrected chi connectivity index (χ2v) is 5.72. The molecule has 0 heterocycles. The number of rotatable bonds is 7. The Morgan fingerprint density at radius 2 is 1.63 bits per heavy atom. The number of nitriles is 1. The summed E-state index contributed by atoms with van der Waals surface area (Å²) in [7, 11) is 4.53. The number of methoxy groups -OCH3 is 3. The molecule has 2 aromatic carbocycles. The van der Waals surface area contributed by atoms with E-state index in [-0.39, 0.29) is 11.6 Å². The van der Waals surface area contributed by atoms with E-state index in [2.05, 4.69) is 5.32 Å². The standard InChI is InChI=1S/C21H22N2O4/c1-14(15-8-6-5-7-9-15)23-21(24)17(13-22)10-16-11-19(26-3)20(27-4)12-18(16)25-2/h5-12,14H,1-4H3,(H,23,24)/b17-10-/t14-/m1/s1. The second-order valence-electron chi connectivity index (χ2n) is 5.72. The summed E-state index contributed by atoms with van der Waals surface area (Å²) in [4.78, 5) is 12.5. The Labute approximate surface area is 159 Å². The third-order valence-corrected chi connectivity index (χ3v) is 4.05. The van der Waals surface area contributed by atoms with Gasteiger partial charge in [-0.05, 0) is 24.6 Å². The fourth-order valence-corrected chi connectivity index (χ4v) is 2.57. The number of carbonyl (C=O) groups is 1. The largest absolute Gasteiger partial charge is 0.496 e. The lowest BCUT2D eigenvalue weighted by atomic mass is 10.1. The predicted octanol–water partition coefficient (Wildman–Crippen LogP) is 3.50. The molecule has 1 atom stereocenters. The van der Waals surface area contributed by atoms with Crippen molar-refractivity contribution in [3.05, 3.63) is 59.2 Å². The summed E-state index contributed by atoms with van der Waals surface area (Å²) < 4.78 is 15.9. The van der Waals surface area contributed by atoms with E-state index in [1.54, 1.807) is 12.1 Å². The highest BCUT2D eigenvalue weighted by Crippen LogP contribution is 2.35. The highest BCUT2D eigenvalue weighted by Gasteiger charge is 2.16. The van der Waals surface area contributed by atoms with Crippen LogP contribution in [0, 0.1) is 11.3 Å². The molecular formula is C21H22N2O4. The molecule has 27 heavy (non-hydrogen) atoms. The van der Waals surface area contributed by atoms with Gasteiger partial charge in [0.1, 0.15) is 17.4 Å². The SMILES string of the molecule is COc1cc(OC)c(OC)cc1/C=C(/C#N)C(=O)N[C@H](C)c1ccccc1. The van der Waals surface area contributed by atoms with Crippen LogP contribution < -0.4 is 19.5 Å². The van der Waals surface area contributed by atoms with E-state index in [9.17, 15) is 10.1 Å². The molecule has 140 valence electrons. The fourth-order valence-electron chi connectivity index (χ4n) is 2.57. The van der Waals surface area contributed by atoms with Crippen molar-refractivity contribution in [1.82, 2.24) is 5.32 Å². The van der Waals surface area contributed by atoms with Crippen molar-refractivity contribution in [3.8, 4) is 23.3 Å². The monoisotopic (exact) mass is 366 g/mol. The van der Waals surface area contributed by atoms with Crippen LogP contribution in [0.2, 0.25) is 0 Å². The van der Waals surface area contributed by atoms with Crippen LogP contribution in [-0.2, 0) is 4.79 Å². The minimum Gasteiger partial charge on any atom is -0.496 e. The molecule has 0 aromatic heterocycles. The molecule has 2 aromatic rings. The van der Waals surface area contributed by atoms with Gasteiger partial charge in [0.25, 0.3) is 5.91 Å². The lowest BCUT2D eigenvalue weighted by molar-refractivity contribution is -0.117. The summed E-state index contributed by atoms with van der Waals surface area (Å²) in [5.74, 6) is 0.960. The van der Waals surface area contributed by atoms with Gasteiger partial charge < -0.3 is 19.5 Å². The van der Waals surface area contributed by atoms with Crippen molar-refractivity contribution >= 4 is 12.0 Å². The van der Waals surface area contributed by atoms with Crippen LogP contribution >= 0.6 is 0 Å². The van der Waals surface area contributed by atoms with Gasteiger partial charge in [-0.25, -0.2) is 0 Å². The molecule has 0 saturated heterocycles. The zero-order valence-corrected chi connectivity index (χ0v) is 15.8. The molecule has 0 aliphatic heterocycles. The first-order chi connectivity index (χ1) is 13.0. The number of nitrogens with zero attached hydrogens (tertiary/aromatic N) is 1. The molecule has 6 nitrogen and oxygen atoms in total. The maximum atomic E-state index is 12.5. The summed E-state index contributed by atoms with van der Waals surface area (Å²) in [6, 6.07) is 14.5. The van der Waals surface area contributed by atoms with E-state index < -0.39 is 5.91 Å². The molecule has 2 rings (SSSR count). The summed E-state index contributed by atoms with van der Waals surface area (Å²) in [5, 5.41) is 12.3. The van der Waals surface area contributed by atoms with Crippen LogP contribution in [0.25, 0.3) is 6.08 Å². The summed E-state index contributed by atoms with van der Waals surface area (Å²) >= 11 is 0. The first kappa shape index (κ1) is 19.9. The first-order valence-corrected chi connectivity index (χ1v) is 8.31. The van der Waals surface area contributed by atoms with Crippen LogP contribution in [0.4, 0.5) is 0 Å². The number of ether oxygens (including phenoxy) is 3. The lowest BCUT2D eigenvalue weighted by Crippen LogP contribution is -2.27. The van der Waals surface area contributed by atoms with Gasteiger partial charge in [-0.15, -0.1) is 0 Å². The smallest absolute Gasteiger partial charge is 0.262 e. The first-order valence-electron chi connectivity index (χ1n) is 8.31. The predicted molar refractivity (Wildman–Crippen MR) is 103 cm³/mol. The van der Waals surface area contributed by atoms with Gasteiger partial charge >= 0.3 is 0 Å². The van der Waals surface area contributed by atoms with E-state index in [0.717, 1.165) is 5.56 Å². The van der Waals surface area contributed by atoms with Crippen molar-refractivity contribution < 1.29 is 19.0 Å². The van der Waals surface area contributed by atoms with E-state index >= 15 is 0 Å². The maximum Gasteiger partial charge on any atom is 0.262 e. The molecule has 0 aliphatic carbocycles. The van der Waals surface area contributed by atoms with E-state index in [0.29, 0.717) is 22.8 Å². The second kappa shape index (κ2) is 9.30. The zero-order valence-electron chi connectivity index (χ0n) is 15.8. The number of amides is 1. The van der Waals surface area contributed by atoms with Crippen LogP contribution in [0.5, 0.6) is 17.2 Å². The number of carbonyl (C=O) groups excluding carboxylic acids is 1. The lowest BCUT2D eigenvalue weighted by Gasteiger charge is -2.15. The minimum atomic E-state index is -0.467. The Balaban J connectivity index is 2.32. The topological polar surface area (TPSA) is 80.6 Å². The molecule has 0 fully saturated rings. The minimum absolute atomic E-state index is 0.0386. The Morgan fingerprint density at radius 1 is 1.04 bits per heavy atom. The van der Waals surface area contributed by atoms with Crippen LogP contribution in [0.1, 0.15) is 24.1 Å². The molecule has 1 amide bonds. The molecule has 1 N–H and O–H groups in total. The van der Waals surface area contributed by atoms with Crippen molar-refractivity contribution in [2.24, 2.45) is 0 Å². The van der Waals surface area contributed by atoms with E-state index in [1.165, 1.54) is 27.4 Å². The Kier molecular flexibility index (Phi) is 6.84. The fraction of sp³-hybridized carbons (Fsp3) is 0.238. The molecule has 0 aliphatic rings. The van der Waals surface area contributed by atoms with E-state index in [1.807, 2.05) is 43.3 Å². The molecular weight excluding hydrogens is 344 g/mol. The highest BCUT2D eigenvalue weighted by molar-refractivity contribution is 6.02. The van der Waals surface area contributed by atoms with Gasteiger partial charge in [0.2, 0.25) is 0 Å². The highest BCUT2D eigenvalue weighted by atomic mass is 16.5. The number of nitrogens with one attached hydrogen (secondary N) is 1. The average molecular weight is 366 g/mol. The number of benzene rings is 2. The molecule has 0 unspecified atom stereocenters. The van der Waals surface area contributed by atoms with Crippen LogP contribution in [0.15, 0.2) is 48.0 Å². The molecule has 0 spiro atoms. The number of hydrogen-bond acceptors (Lipinski definition) is 5. The summed E-state index contributed by atoms with van der Waals surface area (Å²) in [6.45, 7) is 1.86. The third-order valence-electron chi connectivity index (χ3n) is 4.05. The molecule has 0 radical (unpaired) electrons. The van der Waals surface area contributed by atoms with Gasteiger partial charge in [-0.1, -0.05) is 30.3 Å². The quantitative estimate of drug-likeness (QED) is 0.599. The summed E-state index contributed by atoms with van der Waals surface area (Å²) in [6.07, 6.45) is 1.47. The molecule has 0 saturated carbocycles. The van der Waals surface area contributed by atoms with Crippen LogP contribution in [-0.4, -0.2) is 27.2 Å². The Morgan fingerprint density at radius 3 is 2.19 bits per heavy atom. The van der Waals surface area contributed by atoms with Crippen molar-refractivity contribution in [1.29, 1.82) is 5.26 Å². The zero-order chi connectivity index (χ0) is 19.8. The van der Waals surface area contributed by atoms with E-state index in [4.69, 9.17) is 14.2 Å². The number of hydrogen-bond donors (Lipinski definition) is 1. The van der Waals surface area contributed by atoms with Gasteiger partial charge in [0.15, 0.2) is 11.5 Å². The van der Waals surface area contributed by atoms with Gasteiger partial charge in [0.05, 0.1) is 27.4 Å². The maximum absolute atomic E-state index is 12.5. The van der Waals surface area contributed by atoms with Crippen molar-refractivity contribution in [3.63, 3.8) is 0 Å². The average Bonchev–Trinajstić information content (AvgIpc) is 2.71. The third kappa shape index (κ3) is 4.79. The Hall–Kier alpha value is -3.46. The van der Waals surface area contributed by atoms with Gasteiger partial charge in [0, 0.05) is 11.6 Å². The van der Waals surface area contributed by atoms with Crippen molar-refractivity contribution in [2.75, 3.05) is 21.3 Å². The molecule has 6 heteroatoms. The van der Waals surface area contributed by atoms with Gasteiger partial charge in [-0.2, -0.15) is 5.26 Å². The van der Waals surface area contributed by atoms with Gasteiger partial charge in [-0.3, -0.25) is 4.79 Å². The summed E-state index contributed by atoms with van der Waals surface area (Å²) in [5.41, 5.74) is 1.45. The normalized spacial score (nSPS) is 11.9. The Bertz CT molecular complexity index is 870. The van der Waals surface area contributed by atoms with Crippen LogP contribution in [0.3, 0.4) is 0 Å². The molecule has 0 bridgehead atoms. The van der Waals surface area contributed by atoms with Crippen molar-refractivity contribution in [2.45, 2.75) is 13.0 Å².